The molecule has 0 saturated heterocycles. The van der Waals surface area contributed by atoms with Crippen LogP contribution in [0.4, 0.5) is 0 Å². The number of carbonyl (C=O) groups excluding carboxylic acids is 1. The second-order valence-corrected chi connectivity index (χ2v) is 3.29. The fraction of sp³-hybridized carbons (Fsp3) is 0.200. The summed E-state index contributed by atoms with van der Waals surface area (Å²) in [4.78, 5) is 11.9. The van der Waals surface area contributed by atoms with Gasteiger partial charge in [-0.2, -0.15) is 0 Å². The van der Waals surface area contributed by atoms with Gasteiger partial charge in [0.1, 0.15) is 0 Å². The molecule has 15 heavy (non-hydrogen) atoms. The van der Waals surface area contributed by atoms with Crippen molar-refractivity contribution in [3.05, 3.63) is 29.8 Å². The number of aromatic nitrogens is 4. The molecule has 0 aliphatic rings. The maximum atomic E-state index is 10.9. The van der Waals surface area contributed by atoms with Crippen LogP contribution in [0.2, 0.25) is 0 Å². The highest BCUT2D eigenvalue weighted by molar-refractivity contribution is 5.74. The van der Waals surface area contributed by atoms with Crippen molar-refractivity contribution in [3.8, 4) is 11.4 Å². The molecule has 2 rings (SSSR count). The van der Waals surface area contributed by atoms with Crippen LogP contribution < -0.4 is 0 Å². The fourth-order valence-electron chi connectivity index (χ4n) is 1.17. The van der Waals surface area contributed by atoms with E-state index in [9.17, 15) is 4.79 Å². The summed E-state index contributed by atoms with van der Waals surface area (Å²) in [5.41, 5.74) is 2.02. The van der Waals surface area contributed by atoms with E-state index in [1.165, 1.54) is 6.92 Å². The van der Waals surface area contributed by atoms with Gasteiger partial charge in [0, 0.05) is 12.5 Å². The molecule has 0 fully saturated rings. The Labute approximate surface area is 86.7 Å². The molecule has 2 aromatic rings. The summed E-state index contributed by atoms with van der Waals surface area (Å²) in [6, 6.07) is 7.72. The number of carbonyl (C=O) groups is 1. The van der Waals surface area contributed by atoms with Crippen molar-refractivity contribution in [2.24, 2.45) is 0 Å². The van der Waals surface area contributed by atoms with Gasteiger partial charge in [0.15, 0.2) is 0 Å². The van der Waals surface area contributed by atoms with E-state index in [1.54, 1.807) is 0 Å². The van der Waals surface area contributed by atoms with Crippen LogP contribution in [0.15, 0.2) is 24.3 Å². The monoisotopic (exact) mass is 202 g/mol. The maximum absolute atomic E-state index is 10.9. The Kier molecular flexibility index (Phi) is 2.29. The predicted octanol–water partition coefficient (Wildman–Crippen LogP) is 1.31. The second kappa shape index (κ2) is 3.61. The lowest BCUT2D eigenvalue weighted by atomic mass is 10.1. The minimum Gasteiger partial charge on any atom is -0.271 e. The molecule has 0 aliphatic heterocycles. The Hall–Kier alpha value is -2.04. The van der Waals surface area contributed by atoms with Crippen molar-refractivity contribution in [1.82, 2.24) is 20.2 Å². The number of benzene rings is 1. The summed E-state index contributed by atoms with van der Waals surface area (Å²) >= 11 is 0. The lowest BCUT2D eigenvalue weighted by Crippen LogP contribution is -2.09. The van der Waals surface area contributed by atoms with Gasteiger partial charge >= 0.3 is 0 Å². The Morgan fingerprint density at radius 1 is 1.27 bits per heavy atom. The van der Waals surface area contributed by atoms with Gasteiger partial charge < -0.3 is 0 Å². The maximum Gasteiger partial charge on any atom is 0.263 e. The molecule has 0 radical (unpaired) electrons. The van der Waals surface area contributed by atoms with Gasteiger partial charge in [-0.15, -0.1) is 10.2 Å². The molecule has 0 saturated carbocycles. The van der Waals surface area contributed by atoms with Gasteiger partial charge in [-0.05, 0) is 12.1 Å². The number of tetrazole rings is 1. The number of aryl methyl sites for hydroxylation is 1. The zero-order chi connectivity index (χ0) is 10.8. The molecular formula is C10H10N4O. The molecule has 5 nitrogen and oxygen atoms in total. The van der Waals surface area contributed by atoms with E-state index >= 15 is 0 Å². The first-order valence-electron chi connectivity index (χ1n) is 4.55. The summed E-state index contributed by atoms with van der Waals surface area (Å²) in [5.74, 6) is 0.214. The Morgan fingerprint density at radius 2 is 1.93 bits per heavy atom. The SMILES string of the molecule is CC(=O)n1nnc(-c2ccc(C)cc2)n1. The molecule has 0 atom stereocenters. The van der Waals surface area contributed by atoms with Crippen molar-refractivity contribution in [2.75, 3.05) is 0 Å². The minimum absolute atomic E-state index is 0.249. The molecule has 5 heteroatoms. The highest BCUT2D eigenvalue weighted by atomic mass is 16.2. The molecule has 0 aliphatic carbocycles. The standard InChI is InChI=1S/C10H10N4O/c1-7-3-5-9(6-4-7)10-11-13-14(12-10)8(2)15/h3-6H,1-2H3. The molecule has 1 aromatic heterocycles. The van der Waals surface area contributed by atoms with Crippen LogP contribution in [-0.4, -0.2) is 26.1 Å². The van der Waals surface area contributed by atoms with Crippen LogP contribution in [0.25, 0.3) is 11.4 Å². The number of hydrogen-bond acceptors (Lipinski definition) is 4. The first-order valence-corrected chi connectivity index (χ1v) is 4.55. The van der Waals surface area contributed by atoms with Crippen molar-refractivity contribution in [1.29, 1.82) is 0 Å². The molecule has 0 spiro atoms. The van der Waals surface area contributed by atoms with Gasteiger partial charge in [-0.25, -0.2) is 0 Å². The zero-order valence-electron chi connectivity index (χ0n) is 8.51. The minimum atomic E-state index is -0.249. The molecule has 76 valence electrons. The molecule has 0 N–H and O–H groups in total. The molecule has 0 unspecified atom stereocenters. The van der Waals surface area contributed by atoms with Crippen molar-refractivity contribution in [2.45, 2.75) is 13.8 Å². The molecule has 0 amide bonds. The van der Waals surface area contributed by atoms with Gasteiger partial charge in [-0.1, -0.05) is 34.6 Å². The van der Waals surface area contributed by atoms with E-state index in [0.29, 0.717) is 5.82 Å². The van der Waals surface area contributed by atoms with Crippen LogP contribution in [0.3, 0.4) is 0 Å². The zero-order valence-corrected chi connectivity index (χ0v) is 8.51. The number of hydrogen-bond donors (Lipinski definition) is 0. The van der Waals surface area contributed by atoms with Crippen LogP contribution in [0, 0.1) is 6.92 Å². The summed E-state index contributed by atoms with van der Waals surface area (Å²) in [6.45, 7) is 3.39. The van der Waals surface area contributed by atoms with E-state index in [1.807, 2.05) is 31.2 Å². The summed E-state index contributed by atoms with van der Waals surface area (Å²) in [6.07, 6.45) is 0. The van der Waals surface area contributed by atoms with Gasteiger partial charge in [0.25, 0.3) is 5.91 Å². The Bertz CT molecular complexity index is 486. The average molecular weight is 202 g/mol. The van der Waals surface area contributed by atoms with Crippen LogP contribution in [0.5, 0.6) is 0 Å². The van der Waals surface area contributed by atoms with E-state index in [-0.39, 0.29) is 5.91 Å². The highest BCUT2D eigenvalue weighted by Gasteiger charge is 2.07. The molecule has 0 bridgehead atoms. The van der Waals surface area contributed by atoms with Crippen LogP contribution in [-0.2, 0) is 0 Å². The third-order valence-electron chi connectivity index (χ3n) is 2.01. The third kappa shape index (κ3) is 1.90. The first-order chi connectivity index (χ1) is 7.16. The number of nitrogens with zero attached hydrogens (tertiary/aromatic N) is 4. The van der Waals surface area contributed by atoms with Gasteiger partial charge in [-0.3, -0.25) is 4.79 Å². The summed E-state index contributed by atoms with van der Waals surface area (Å²) in [7, 11) is 0. The third-order valence-corrected chi connectivity index (χ3v) is 2.01. The largest absolute Gasteiger partial charge is 0.271 e. The van der Waals surface area contributed by atoms with E-state index < -0.39 is 0 Å². The van der Waals surface area contributed by atoms with Crippen molar-refractivity contribution < 1.29 is 4.79 Å². The van der Waals surface area contributed by atoms with E-state index in [4.69, 9.17) is 0 Å². The topological polar surface area (TPSA) is 60.7 Å². The molecule has 1 aromatic carbocycles. The first kappa shape index (κ1) is 9.51. The Balaban J connectivity index is 2.37. The second-order valence-electron chi connectivity index (χ2n) is 3.29. The van der Waals surface area contributed by atoms with Crippen molar-refractivity contribution in [3.63, 3.8) is 0 Å². The lowest BCUT2D eigenvalue weighted by molar-refractivity contribution is 0.0901. The van der Waals surface area contributed by atoms with Crippen LogP contribution in [0.1, 0.15) is 17.3 Å². The average Bonchev–Trinajstić information content (AvgIpc) is 2.68. The van der Waals surface area contributed by atoms with Gasteiger partial charge in [0.2, 0.25) is 5.82 Å². The summed E-state index contributed by atoms with van der Waals surface area (Å²) < 4.78 is 0. The van der Waals surface area contributed by atoms with Gasteiger partial charge in [0.05, 0.1) is 0 Å². The van der Waals surface area contributed by atoms with Crippen LogP contribution >= 0.6 is 0 Å². The quantitative estimate of drug-likeness (QED) is 0.699. The lowest BCUT2D eigenvalue weighted by Gasteiger charge is -1.94. The van der Waals surface area contributed by atoms with E-state index in [2.05, 4.69) is 15.4 Å². The fourth-order valence-corrected chi connectivity index (χ4v) is 1.17. The normalized spacial score (nSPS) is 10.3. The predicted molar refractivity (Wildman–Crippen MR) is 54.3 cm³/mol. The Morgan fingerprint density at radius 3 is 2.47 bits per heavy atom. The van der Waals surface area contributed by atoms with E-state index in [0.717, 1.165) is 15.9 Å². The smallest absolute Gasteiger partial charge is 0.263 e. The molecule has 1 heterocycles. The number of rotatable bonds is 1. The summed E-state index contributed by atoms with van der Waals surface area (Å²) in [5, 5.41) is 11.4. The van der Waals surface area contributed by atoms with Crippen molar-refractivity contribution >= 4 is 5.91 Å². The molecular weight excluding hydrogens is 192 g/mol. The highest BCUT2D eigenvalue weighted by Crippen LogP contribution is 2.13.